The summed E-state index contributed by atoms with van der Waals surface area (Å²) in [5, 5.41) is 3.72. The van der Waals surface area contributed by atoms with Gasteiger partial charge in [-0.2, -0.15) is 0 Å². The summed E-state index contributed by atoms with van der Waals surface area (Å²) in [4.78, 5) is 5.19. The van der Waals surface area contributed by atoms with Crippen LogP contribution in [0.5, 0.6) is 0 Å². The number of nitrogens with zero attached hydrogens (tertiary/aromatic N) is 2. The summed E-state index contributed by atoms with van der Waals surface area (Å²) in [6.07, 6.45) is 5.44. The molecular weight excluding hydrogens is 234 g/mol. The van der Waals surface area contributed by atoms with Gasteiger partial charge in [-0.3, -0.25) is 0 Å². The first-order valence-corrected chi connectivity index (χ1v) is 8.14. The third-order valence-corrected chi connectivity index (χ3v) is 4.87. The van der Waals surface area contributed by atoms with E-state index in [0.29, 0.717) is 17.5 Å². The van der Waals surface area contributed by atoms with Crippen LogP contribution in [-0.2, 0) is 0 Å². The van der Waals surface area contributed by atoms with E-state index in [1.165, 1.54) is 58.4 Å². The summed E-state index contributed by atoms with van der Waals surface area (Å²) < 4.78 is 0. The maximum atomic E-state index is 3.72. The fraction of sp³-hybridized carbons (Fsp3) is 1.00. The molecule has 2 saturated heterocycles. The molecule has 0 radical (unpaired) electrons. The average Bonchev–Trinajstić information content (AvgIpc) is 2.33. The summed E-state index contributed by atoms with van der Waals surface area (Å²) in [6.45, 7) is 13.4. The van der Waals surface area contributed by atoms with Crippen molar-refractivity contribution in [3.05, 3.63) is 0 Å². The van der Waals surface area contributed by atoms with Gasteiger partial charge in [0.2, 0.25) is 0 Å². The van der Waals surface area contributed by atoms with Crippen molar-refractivity contribution in [1.29, 1.82) is 0 Å². The van der Waals surface area contributed by atoms with Crippen molar-refractivity contribution in [2.24, 2.45) is 5.41 Å². The Kier molecular flexibility index (Phi) is 5.27. The fourth-order valence-corrected chi connectivity index (χ4v) is 3.66. The molecule has 0 bridgehead atoms. The van der Waals surface area contributed by atoms with Crippen molar-refractivity contribution < 1.29 is 0 Å². The Hall–Kier alpha value is -0.120. The van der Waals surface area contributed by atoms with E-state index in [9.17, 15) is 0 Å². The smallest absolute Gasteiger partial charge is 0.0197 e. The Morgan fingerprint density at radius 3 is 2.53 bits per heavy atom. The number of likely N-dealkylation sites (tertiary alicyclic amines) is 2. The Balaban J connectivity index is 1.81. The summed E-state index contributed by atoms with van der Waals surface area (Å²) in [5.74, 6) is 0. The van der Waals surface area contributed by atoms with Crippen LogP contribution in [0.15, 0.2) is 0 Å². The molecule has 2 fully saturated rings. The molecule has 0 amide bonds. The minimum Gasteiger partial charge on any atom is -0.311 e. The second-order valence-electron chi connectivity index (χ2n) is 7.51. The van der Waals surface area contributed by atoms with Crippen LogP contribution >= 0.6 is 0 Å². The monoisotopic (exact) mass is 267 g/mol. The highest BCUT2D eigenvalue weighted by molar-refractivity contribution is 4.87. The zero-order valence-electron chi connectivity index (χ0n) is 13.4. The van der Waals surface area contributed by atoms with Crippen LogP contribution in [0.25, 0.3) is 0 Å². The molecule has 2 aliphatic heterocycles. The molecule has 2 heterocycles. The number of rotatable bonds is 4. The van der Waals surface area contributed by atoms with Gasteiger partial charge in [0.15, 0.2) is 0 Å². The van der Waals surface area contributed by atoms with E-state index in [0.717, 1.165) is 0 Å². The standard InChI is InChI=1S/C16H33N3/c1-14(2)17-15-6-5-9-19(12-15)13-16(3)7-10-18(4)11-8-16/h14-15,17H,5-13H2,1-4H3. The third kappa shape index (κ3) is 4.73. The highest BCUT2D eigenvalue weighted by atomic mass is 15.2. The normalized spacial score (nSPS) is 29.8. The van der Waals surface area contributed by atoms with Crippen molar-refractivity contribution in [3.63, 3.8) is 0 Å². The quantitative estimate of drug-likeness (QED) is 0.842. The van der Waals surface area contributed by atoms with E-state index in [4.69, 9.17) is 0 Å². The van der Waals surface area contributed by atoms with Gasteiger partial charge in [0.1, 0.15) is 0 Å². The summed E-state index contributed by atoms with van der Waals surface area (Å²) in [6, 6.07) is 1.33. The lowest BCUT2D eigenvalue weighted by Crippen LogP contribution is -2.51. The van der Waals surface area contributed by atoms with Crippen LogP contribution < -0.4 is 5.32 Å². The fourth-order valence-electron chi connectivity index (χ4n) is 3.66. The van der Waals surface area contributed by atoms with Gasteiger partial charge in [-0.25, -0.2) is 0 Å². The SMILES string of the molecule is CC(C)NC1CCCN(CC2(C)CCN(C)CC2)C1. The molecule has 2 aliphatic rings. The third-order valence-electron chi connectivity index (χ3n) is 4.87. The highest BCUT2D eigenvalue weighted by Crippen LogP contribution is 2.32. The first-order valence-electron chi connectivity index (χ1n) is 8.14. The lowest BCUT2D eigenvalue weighted by atomic mass is 9.79. The van der Waals surface area contributed by atoms with Gasteiger partial charge < -0.3 is 15.1 Å². The van der Waals surface area contributed by atoms with Gasteiger partial charge in [-0.1, -0.05) is 20.8 Å². The molecule has 112 valence electrons. The Morgan fingerprint density at radius 1 is 1.21 bits per heavy atom. The van der Waals surface area contributed by atoms with Crippen molar-refractivity contribution in [3.8, 4) is 0 Å². The van der Waals surface area contributed by atoms with Crippen LogP contribution in [-0.4, -0.2) is 61.7 Å². The van der Waals surface area contributed by atoms with Crippen LogP contribution in [0, 0.1) is 5.41 Å². The zero-order chi connectivity index (χ0) is 13.9. The van der Waals surface area contributed by atoms with E-state index in [1.807, 2.05) is 0 Å². The molecular formula is C16H33N3. The van der Waals surface area contributed by atoms with Gasteiger partial charge >= 0.3 is 0 Å². The molecule has 0 spiro atoms. The van der Waals surface area contributed by atoms with Crippen LogP contribution in [0.2, 0.25) is 0 Å². The van der Waals surface area contributed by atoms with Crippen molar-refractivity contribution in [2.45, 2.75) is 58.5 Å². The maximum absolute atomic E-state index is 3.72. The zero-order valence-corrected chi connectivity index (χ0v) is 13.4. The van der Waals surface area contributed by atoms with Gasteiger partial charge in [0.05, 0.1) is 0 Å². The average molecular weight is 267 g/mol. The van der Waals surface area contributed by atoms with Gasteiger partial charge in [-0.05, 0) is 57.8 Å². The largest absolute Gasteiger partial charge is 0.311 e. The highest BCUT2D eigenvalue weighted by Gasteiger charge is 2.32. The Morgan fingerprint density at radius 2 is 1.89 bits per heavy atom. The predicted octanol–water partition coefficient (Wildman–Crippen LogP) is 2.18. The molecule has 0 aromatic heterocycles. The molecule has 1 N–H and O–H groups in total. The first kappa shape index (κ1) is 15.3. The Bertz CT molecular complexity index is 269. The molecule has 3 nitrogen and oxygen atoms in total. The molecule has 2 rings (SSSR count). The second kappa shape index (κ2) is 6.55. The molecule has 1 atom stereocenters. The van der Waals surface area contributed by atoms with Gasteiger partial charge in [0.25, 0.3) is 0 Å². The van der Waals surface area contributed by atoms with Gasteiger partial charge in [0, 0.05) is 25.2 Å². The molecule has 0 aliphatic carbocycles. The summed E-state index contributed by atoms with van der Waals surface area (Å²) >= 11 is 0. The van der Waals surface area contributed by atoms with E-state index in [2.05, 4.69) is 42.9 Å². The van der Waals surface area contributed by atoms with Crippen molar-refractivity contribution in [2.75, 3.05) is 39.8 Å². The molecule has 0 aromatic carbocycles. The lowest BCUT2D eigenvalue weighted by Gasteiger charge is -2.43. The van der Waals surface area contributed by atoms with Crippen LogP contribution in [0.3, 0.4) is 0 Å². The van der Waals surface area contributed by atoms with Crippen molar-refractivity contribution in [1.82, 2.24) is 15.1 Å². The van der Waals surface area contributed by atoms with Crippen LogP contribution in [0.1, 0.15) is 46.5 Å². The van der Waals surface area contributed by atoms with Gasteiger partial charge in [-0.15, -0.1) is 0 Å². The predicted molar refractivity (Wildman–Crippen MR) is 82.6 cm³/mol. The molecule has 19 heavy (non-hydrogen) atoms. The van der Waals surface area contributed by atoms with E-state index in [1.54, 1.807) is 0 Å². The minimum absolute atomic E-state index is 0.548. The van der Waals surface area contributed by atoms with E-state index < -0.39 is 0 Å². The summed E-state index contributed by atoms with van der Waals surface area (Å²) in [5.41, 5.74) is 0.548. The number of nitrogens with one attached hydrogen (secondary N) is 1. The topological polar surface area (TPSA) is 18.5 Å². The molecule has 1 unspecified atom stereocenters. The van der Waals surface area contributed by atoms with Crippen LogP contribution in [0.4, 0.5) is 0 Å². The molecule has 0 saturated carbocycles. The number of piperidine rings is 2. The number of hydrogen-bond donors (Lipinski definition) is 1. The minimum atomic E-state index is 0.548. The lowest BCUT2D eigenvalue weighted by molar-refractivity contribution is 0.0686. The molecule has 3 heteroatoms. The van der Waals surface area contributed by atoms with E-state index in [-0.39, 0.29) is 0 Å². The molecule has 0 aromatic rings. The number of hydrogen-bond acceptors (Lipinski definition) is 3. The Labute approximate surface area is 119 Å². The van der Waals surface area contributed by atoms with E-state index >= 15 is 0 Å². The second-order valence-corrected chi connectivity index (χ2v) is 7.51. The first-order chi connectivity index (χ1) is 8.97. The maximum Gasteiger partial charge on any atom is 0.0197 e. The summed E-state index contributed by atoms with van der Waals surface area (Å²) in [7, 11) is 2.25. The van der Waals surface area contributed by atoms with Crippen molar-refractivity contribution >= 4 is 0 Å².